The summed E-state index contributed by atoms with van der Waals surface area (Å²) in [6, 6.07) is 5.48. The normalized spacial score (nSPS) is 15.1. The molecule has 0 aromatic heterocycles. The number of para-hydroxylation sites is 1. The first-order valence-electron chi connectivity index (χ1n) is 6.09. The number of rotatable bonds is 6. The number of aliphatic hydroxyl groups is 1. The van der Waals surface area contributed by atoms with Gasteiger partial charge in [0.15, 0.2) is 0 Å². The average Bonchev–Trinajstić information content (AvgIpc) is 2.34. The highest BCUT2D eigenvalue weighted by Crippen LogP contribution is 2.30. The summed E-state index contributed by atoms with van der Waals surface area (Å²) < 4.78 is 40.9. The fraction of sp³-hybridized carbons (Fsp3) is 0.538. The van der Waals surface area contributed by atoms with Crippen LogP contribution in [0.4, 0.5) is 13.2 Å². The van der Waals surface area contributed by atoms with Crippen molar-refractivity contribution in [2.45, 2.75) is 38.7 Å². The molecule has 1 aromatic rings. The van der Waals surface area contributed by atoms with E-state index < -0.39 is 6.36 Å². The van der Waals surface area contributed by atoms with Crippen molar-refractivity contribution in [2.75, 3.05) is 6.61 Å². The lowest BCUT2D eigenvalue weighted by Gasteiger charge is -2.23. The van der Waals surface area contributed by atoms with Crippen LogP contribution in [-0.2, 0) is 0 Å². The van der Waals surface area contributed by atoms with Gasteiger partial charge in [-0.05, 0) is 19.4 Å². The maximum Gasteiger partial charge on any atom is 0.573 e. The summed E-state index contributed by atoms with van der Waals surface area (Å²) in [6.45, 7) is 3.55. The Balaban J connectivity index is 2.87. The van der Waals surface area contributed by atoms with Gasteiger partial charge in [-0.3, -0.25) is 0 Å². The van der Waals surface area contributed by atoms with Crippen LogP contribution in [0.5, 0.6) is 5.75 Å². The molecular weight excluding hydrogens is 259 g/mol. The minimum atomic E-state index is -4.71. The van der Waals surface area contributed by atoms with E-state index in [1.54, 1.807) is 19.1 Å². The van der Waals surface area contributed by atoms with Crippen molar-refractivity contribution in [3.63, 3.8) is 0 Å². The van der Waals surface area contributed by atoms with Crippen molar-refractivity contribution in [3.05, 3.63) is 29.8 Å². The molecule has 2 N–H and O–H groups in total. The van der Waals surface area contributed by atoms with Crippen LogP contribution >= 0.6 is 0 Å². The van der Waals surface area contributed by atoms with Crippen molar-refractivity contribution in [1.29, 1.82) is 0 Å². The van der Waals surface area contributed by atoms with Crippen LogP contribution < -0.4 is 10.1 Å². The molecule has 0 spiro atoms. The molecule has 0 amide bonds. The van der Waals surface area contributed by atoms with Crippen LogP contribution in [0, 0.1) is 0 Å². The van der Waals surface area contributed by atoms with Gasteiger partial charge in [0.1, 0.15) is 5.75 Å². The zero-order valence-electron chi connectivity index (χ0n) is 10.9. The molecule has 0 aliphatic heterocycles. The lowest BCUT2D eigenvalue weighted by atomic mass is 10.1. The highest BCUT2D eigenvalue weighted by Gasteiger charge is 2.32. The predicted molar refractivity (Wildman–Crippen MR) is 65.8 cm³/mol. The molecule has 0 heterocycles. The van der Waals surface area contributed by atoms with Gasteiger partial charge in [-0.15, -0.1) is 13.2 Å². The van der Waals surface area contributed by atoms with E-state index in [0.717, 1.165) is 0 Å². The smallest absolute Gasteiger partial charge is 0.405 e. The topological polar surface area (TPSA) is 41.5 Å². The van der Waals surface area contributed by atoms with Crippen LogP contribution in [0.2, 0.25) is 0 Å². The number of benzene rings is 1. The molecule has 1 rings (SSSR count). The second-order valence-corrected chi connectivity index (χ2v) is 4.26. The molecule has 2 atom stereocenters. The maximum atomic E-state index is 12.3. The van der Waals surface area contributed by atoms with Crippen molar-refractivity contribution < 1.29 is 23.0 Å². The van der Waals surface area contributed by atoms with Crippen molar-refractivity contribution in [3.8, 4) is 5.75 Å². The van der Waals surface area contributed by atoms with Crippen LogP contribution in [-0.4, -0.2) is 24.1 Å². The minimum absolute atomic E-state index is 0.0663. The summed E-state index contributed by atoms with van der Waals surface area (Å²) in [5.74, 6) is -0.220. The van der Waals surface area contributed by atoms with Crippen molar-refractivity contribution in [1.82, 2.24) is 5.32 Å². The molecule has 2 unspecified atom stereocenters. The largest absolute Gasteiger partial charge is 0.573 e. The van der Waals surface area contributed by atoms with Crippen LogP contribution in [0.15, 0.2) is 24.3 Å². The van der Waals surface area contributed by atoms with E-state index in [1.807, 2.05) is 6.92 Å². The number of hydrogen-bond acceptors (Lipinski definition) is 3. The van der Waals surface area contributed by atoms with E-state index in [-0.39, 0.29) is 24.4 Å². The molecule has 0 fully saturated rings. The second kappa shape index (κ2) is 6.77. The fourth-order valence-corrected chi connectivity index (χ4v) is 1.80. The van der Waals surface area contributed by atoms with Gasteiger partial charge in [0, 0.05) is 17.6 Å². The van der Waals surface area contributed by atoms with Gasteiger partial charge in [-0.1, -0.05) is 25.1 Å². The molecule has 3 nitrogen and oxygen atoms in total. The zero-order valence-corrected chi connectivity index (χ0v) is 10.9. The number of nitrogens with one attached hydrogen (secondary N) is 1. The molecule has 1 aromatic carbocycles. The highest BCUT2D eigenvalue weighted by atomic mass is 19.4. The fourth-order valence-electron chi connectivity index (χ4n) is 1.80. The quantitative estimate of drug-likeness (QED) is 0.840. The minimum Gasteiger partial charge on any atom is -0.405 e. The van der Waals surface area contributed by atoms with Gasteiger partial charge in [0.05, 0.1) is 6.61 Å². The van der Waals surface area contributed by atoms with E-state index in [4.69, 9.17) is 5.11 Å². The Morgan fingerprint density at radius 1 is 1.32 bits per heavy atom. The SMILES string of the molecule is CCC(CO)NC(C)c1ccccc1OC(F)(F)F. The molecule has 0 aliphatic carbocycles. The monoisotopic (exact) mass is 277 g/mol. The van der Waals surface area contributed by atoms with Gasteiger partial charge in [0.25, 0.3) is 0 Å². The summed E-state index contributed by atoms with van der Waals surface area (Å²) in [4.78, 5) is 0. The van der Waals surface area contributed by atoms with E-state index in [2.05, 4.69) is 10.1 Å². The summed E-state index contributed by atoms with van der Waals surface area (Å²) in [5, 5.41) is 12.2. The van der Waals surface area contributed by atoms with Gasteiger partial charge in [-0.25, -0.2) is 0 Å². The van der Waals surface area contributed by atoms with Crippen molar-refractivity contribution in [2.24, 2.45) is 0 Å². The standard InChI is InChI=1S/C13H18F3NO2/c1-3-10(8-18)17-9(2)11-6-4-5-7-12(11)19-13(14,15)16/h4-7,9-10,17-18H,3,8H2,1-2H3. The van der Waals surface area contributed by atoms with E-state index in [9.17, 15) is 13.2 Å². The van der Waals surface area contributed by atoms with E-state index in [1.165, 1.54) is 12.1 Å². The third-order valence-electron chi connectivity index (χ3n) is 2.81. The summed E-state index contributed by atoms with van der Waals surface area (Å²) in [6.07, 6.45) is -4.03. The molecule has 0 saturated heterocycles. The lowest BCUT2D eigenvalue weighted by Crippen LogP contribution is -2.34. The summed E-state index contributed by atoms with van der Waals surface area (Å²) >= 11 is 0. The molecular formula is C13H18F3NO2. The van der Waals surface area contributed by atoms with E-state index in [0.29, 0.717) is 12.0 Å². The zero-order chi connectivity index (χ0) is 14.5. The van der Waals surface area contributed by atoms with Gasteiger partial charge < -0.3 is 15.2 Å². The Morgan fingerprint density at radius 2 is 1.95 bits per heavy atom. The molecule has 0 aliphatic rings. The Kier molecular flexibility index (Phi) is 5.62. The molecule has 6 heteroatoms. The third kappa shape index (κ3) is 5.08. The first kappa shape index (κ1) is 15.8. The molecule has 19 heavy (non-hydrogen) atoms. The Labute approximate surface area is 110 Å². The number of aliphatic hydroxyl groups excluding tert-OH is 1. The second-order valence-electron chi connectivity index (χ2n) is 4.26. The Bertz CT molecular complexity index is 392. The van der Waals surface area contributed by atoms with Crippen LogP contribution in [0.1, 0.15) is 31.9 Å². The average molecular weight is 277 g/mol. The predicted octanol–water partition coefficient (Wildman–Crippen LogP) is 3.01. The van der Waals surface area contributed by atoms with Gasteiger partial charge >= 0.3 is 6.36 Å². The van der Waals surface area contributed by atoms with Crippen molar-refractivity contribution >= 4 is 0 Å². The maximum absolute atomic E-state index is 12.3. The number of halogens is 3. The molecule has 108 valence electrons. The lowest BCUT2D eigenvalue weighted by molar-refractivity contribution is -0.275. The first-order valence-corrected chi connectivity index (χ1v) is 6.09. The van der Waals surface area contributed by atoms with Crippen LogP contribution in [0.25, 0.3) is 0 Å². The van der Waals surface area contributed by atoms with E-state index >= 15 is 0 Å². The van der Waals surface area contributed by atoms with Gasteiger partial charge in [-0.2, -0.15) is 0 Å². The number of hydrogen-bond donors (Lipinski definition) is 2. The van der Waals surface area contributed by atoms with Crippen LogP contribution in [0.3, 0.4) is 0 Å². The third-order valence-corrected chi connectivity index (χ3v) is 2.81. The first-order chi connectivity index (χ1) is 8.87. The highest BCUT2D eigenvalue weighted by molar-refractivity contribution is 5.35. The summed E-state index contributed by atoms with van der Waals surface area (Å²) in [5.41, 5.74) is 0.409. The molecule has 0 bridgehead atoms. The molecule has 0 saturated carbocycles. The Hall–Kier alpha value is -1.27. The number of alkyl halides is 3. The number of ether oxygens (including phenoxy) is 1. The summed E-state index contributed by atoms with van der Waals surface area (Å²) in [7, 11) is 0. The van der Waals surface area contributed by atoms with Gasteiger partial charge in [0.2, 0.25) is 0 Å². The molecule has 0 radical (unpaired) electrons. The Morgan fingerprint density at radius 3 is 2.47 bits per heavy atom.